The highest BCUT2D eigenvalue weighted by Crippen LogP contribution is 2.37. The number of likely N-dealkylation sites (N-methyl/N-ethyl adjacent to an activating group) is 2. The van der Waals surface area contributed by atoms with E-state index < -0.39 is 34.7 Å². The van der Waals surface area contributed by atoms with E-state index in [1.807, 2.05) is 19.0 Å². The number of nitriles is 1. The van der Waals surface area contributed by atoms with E-state index in [0.29, 0.717) is 43.1 Å². The molecule has 10 heteroatoms. The van der Waals surface area contributed by atoms with E-state index in [0.717, 1.165) is 25.3 Å². The lowest BCUT2D eigenvalue weighted by Gasteiger charge is -2.37. The number of anilines is 1. The molecule has 0 spiro atoms. The molecule has 1 atom stereocenters. The number of amides is 2. The molecule has 0 saturated heterocycles. The summed E-state index contributed by atoms with van der Waals surface area (Å²) < 4.78 is 40.4. The normalized spacial score (nSPS) is 15.9. The van der Waals surface area contributed by atoms with Gasteiger partial charge < -0.3 is 20.2 Å². The Morgan fingerprint density at radius 3 is 2.36 bits per heavy atom. The standard InChI is InChI=1S/C29H35F3N4O3/c1-35(2)14-15-36(3)26(37)21-9-7-8-20(16-21)18-28(39,23-10-5-4-6-11-23)27(38)34-24-13-12-22(19-33)25(17-24)29(30,31)32/h7-9,12-13,16-17,23,39H,4-6,10-11,14-15,18H2,1-3H3,(H,34,38). The van der Waals surface area contributed by atoms with Gasteiger partial charge in [-0.3, -0.25) is 9.59 Å². The molecule has 1 aliphatic carbocycles. The summed E-state index contributed by atoms with van der Waals surface area (Å²) in [5, 5.41) is 23.4. The third-order valence-electron chi connectivity index (χ3n) is 7.25. The van der Waals surface area contributed by atoms with Crippen LogP contribution in [0.2, 0.25) is 0 Å². The second-order valence-electron chi connectivity index (χ2n) is 10.5. The van der Waals surface area contributed by atoms with Gasteiger partial charge in [-0.05, 0) is 68.8 Å². The van der Waals surface area contributed by atoms with Crippen LogP contribution >= 0.6 is 0 Å². The van der Waals surface area contributed by atoms with E-state index in [4.69, 9.17) is 5.26 Å². The molecule has 0 aromatic heterocycles. The van der Waals surface area contributed by atoms with Gasteiger partial charge in [0.25, 0.3) is 11.8 Å². The minimum absolute atomic E-state index is 0.103. The number of hydrogen-bond donors (Lipinski definition) is 2. The van der Waals surface area contributed by atoms with Crippen LogP contribution in [0.5, 0.6) is 0 Å². The van der Waals surface area contributed by atoms with Crippen LogP contribution in [0.25, 0.3) is 0 Å². The molecule has 2 amide bonds. The zero-order chi connectivity index (χ0) is 28.8. The number of rotatable bonds is 9. The van der Waals surface area contributed by atoms with E-state index in [1.54, 1.807) is 36.2 Å². The minimum atomic E-state index is -4.78. The number of carbonyl (C=O) groups is 2. The fourth-order valence-electron chi connectivity index (χ4n) is 4.98. The number of nitrogens with one attached hydrogen (secondary N) is 1. The summed E-state index contributed by atoms with van der Waals surface area (Å²) in [6, 6.07) is 11.2. The van der Waals surface area contributed by atoms with Crippen molar-refractivity contribution >= 4 is 17.5 Å². The van der Waals surface area contributed by atoms with E-state index in [2.05, 4.69) is 5.32 Å². The number of alkyl halides is 3. The Kier molecular flexibility index (Phi) is 9.75. The first-order valence-corrected chi connectivity index (χ1v) is 13.0. The first-order chi connectivity index (χ1) is 18.3. The molecule has 1 aliphatic rings. The maximum atomic E-state index is 13.5. The van der Waals surface area contributed by atoms with Gasteiger partial charge in [0.1, 0.15) is 5.60 Å². The smallest absolute Gasteiger partial charge is 0.379 e. The van der Waals surface area contributed by atoms with Crippen molar-refractivity contribution in [3.63, 3.8) is 0 Å². The lowest BCUT2D eigenvalue weighted by atomic mass is 9.73. The fraction of sp³-hybridized carbons (Fsp3) is 0.483. The van der Waals surface area contributed by atoms with Gasteiger partial charge in [0.15, 0.2) is 0 Å². The Morgan fingerprint density at radius 1 is 1.05 bits per heavy atom. The Bertz CT molecular complexity index is 1220. The molecule has 0 bridgehead atoms. The molecule has 3 rings (SSSR count). The summed E-state index contributed by atoms with van der Waals surface area (Å²) in [5.41, 5.74) is -2.80. The molecule has 39 heavy (non-hydrogen) atoms. The van der Waals surface area contributed by atoms with E-state index in [-0.39, 0.29) is 18.0 Å². The highest BCUT2D eigenvalue weighted by molar-refractivity contribution is 5.98. The van der Waals surface area contributed by atoms with Gasteiger partial charge >= 0.3 is 6.18 Å². The number of carbonyl (C=O) groups excluding carboxylic acids is 2. The first kappa shape index (κ1) is 30.1. The van der Waals surface area contributed by atoms with Crippen molar-refractivity contribution in [2.24, 2.45) is 5.92 Å². The molecular weight excluding hydrogens is 509 g/mol. The second kappa shape index (κ2) is 12.6. The number of nitrogens with zero attached hydrogens (tertiary/aromatic N) is 3. The van der Waals surface area contributed by atoms with Crippen molar-refractivity contribution in [2.45, 2.75) is 50.3 Å². The average molecular weight is 545 g/mol. The molecule has 210 valence electrons. The predicted molar refractivity (Wildman–Crippen MR) is 142 cm³/mol. The van der Waals surface area contributed by atoms with Crippen LogP contribution in [0.3, 0.4) is 0 Å². The van der Waals surface area contributed by atoms with Gasteiger partial charge in [-0.25, -0.2) is 0 Å². The summed E-state index contributed by atoms with van der Waals surface area (Å²) in [6.07, 6.45) is -1.07. The molecule has 1 fully saturated rings. The van der Waals surface area contributed by atoms with Gasteiger partial charge in [0.2, 0.25) is 0 Å². The van der Waals surface area contributed by atoms with Crippen molar-refractivity contribution < 1.29 is 27.9 Å². The molecule has 7 nitrogen and oxygen atoms in total. The van der Waals surface area contributed by atoms with Crippen LogP contribution in [0.4, 0.5) is 18.9 Å². The van der Waals surface area contributed by atoms with Crippen molar-refractivity contribution in [3.8, 4) is 6.07 Å². The van der Waals surface area contributed by atoms with E-state index in [1.165, 1.54) is 12.1 Å². The first-order valence-electron chi connectivity index (χ1n) is 13.0. The highest BCUT2D eigenvalue weighted by Gasteiger charge is 2.44. The number of aliphatic hydroxyl groups is 1. The van der Waals surface area contributed by atoms with Gasteiger partial charge in [0.05, 0.1) is 17.2 Å². The Morgan fingerprint density at radius 2 is 1.74 bits per heavy atom. The number of halogens is 3. The predicted octanol–water partition coefficient (Wildman–Crippen LogP) is 4.70. The summed E-state index contributed by atoms with van der Waals surface area (Å²) >= 11 is 0. The zero-order valence-corrected chi connectivity index (χ0v) is 22.5. The quantitative estimate of drug-likeness (QED) is 0.477. The Labute approximate surface area is 227 Å². The maximum Gasteiger partial charge on any atom is 0.417 e. The van der Waals surface area contributed by atoms with Crippen molar-refractivity contribution in [2.75, 3.05) is 39.5 Å². The Hall–Kier alpha value is -3.42. The van der Waals surface area contributed by atoms with Crippen LogP contribution in [-0.4, -0.2) is 66.6 Å². The van der Waals surface area contributed by atoms with Crippen LogP contribution in [0.1, 0.15) is 59.2 Å². The summed E-state index contributed by atoms with van der Waals surface area (Å²) in [6.45, 7) is 1.21. The number of benzene rings is 2. The van der Waals surface area contributed by atoms with E-state index in [9.17, 15) is 27.9 Å². The molecule has 2 N–H and O–H groups in total. The highest BCUT2D eigenvalue weighted by atomic mass is 19.4. The van der Waals surface area contributed by atoms with Crippen LogP contribution in [0.15, 0.2) is 42.5 Å². The lowest BCUT2D eigenvalue weighted by molar-refractivity contribution is -0.142. The molecule has 2 aromatic carbocycles. The summed E-state index contributed by atoms with van der Waals surface area (Å²) in [4.78, 5) is 30.1. The molecule has 0 aliphatic heterocycles. The monoisotopic (exact) mass is 544 g/mol. The largest absolute Gasteiger partial charge is 0.417 e. The molecule has 2 aromatic rings. The van der Waals surface area contributed by atoms with Crippen molar-refractivity contribution in [3.05, 3.63) is 64.7 Å². The molecule has 0 heterocycles. The lowest BCUT2D eigenvalue weighted by Crippen LogP contribution is -2.51. The van der Waals surface area contributed by atoms with E-state index >= 15 is 0 Å². The minimum Gasteiger partial charge on any atom is -0.379 e. The average Bonchev–Trinajstić information content (AvgIpc) is 2.91. The van der Waals surface area contributed by atoms with Gasteiger partial charge in [-0.1, -0.05) is 31.4 Å². The van der Waals surface area contributed by atoms with Gasteiger partial charge in [-0.15, -0.1) is 0 Å². The van der Waals surface area contributed by atoms with Crippen LogP contribution < -0.4 is 5.32 Å². The third-order valence-corrected chi connectivity index (χ3v) is 7.25. The molecule has 1 unspecified atom stereocenters. The van der Waals surface area contributed by atoms with Crippen molar-refractivity contribution in [1.29, 1.82) is 5.26 Å². The van der Waals surface area contributed by atoms with Crippen LogP contribution in [0, 0.1) is 17.2 Å². The third kappa shape index (κ3) is 7.58. The maximum absolute atomic E-state index is 13.5. The second-order valence-corrected chi connectivity index (χ2v) is 10.5. The summed E-state index contributed by atoms with van der Waals surface area (Å²) in [5.74, 6) is -1.41. The molecule has 0 radical (unpaired) electrons. The van der Waals surface area contributed by atoms with Crippen molar-refractivity contribution in [1.82, 2.24) is 9.80 Å². The summed E-state index contributed by atoms with van der Waals surface area (Å²) in [7, 11) is 5.53. The Balaban J connectivity index is 1.89. The number of hydrogen-bond acceptors (Lipinski definition) is 5. The topological polar surface area (TPSA) is 96.7 Å². The molecule has 1 saturated carbocycles. The van der Waals surface area contributed by atoms with Gasteiger partial charge in [-0.2, -0.15) is 18.4 Å². The SMILES string of the molecule is CN(C)CCN(C)C(=O)c1cccc(CC(O)(C(=O)Nc2ccc(C#N)c(C(F)(F)F)c2)C2CCCCC2)c1. The molecular formula is C29H35F3N4O3. The fourth-order valence-corrected chi connectivity index (χ4v) is 4.98. The zero-order valence-electron chi connectivity index (χ0n) is 22.5. The van der Waals surface area contributed by atoms with Crippen LogP contribution in [-0.2, 0) is 17.4 Å². The van der Waals surface area contributed by atoms with Gasteiger partial charge in [0, 0.05) is 37.8 Å².